The van der Waals surface area contributed by atoms with Crippen molar-refractivity contribution in [3.05, 3.63) is 71.0 Å². The Kier molecular flexibility index (Phi) is 8.71. The van der Waals surface area contributed by atoms with Gasteiger partial charge in [0.25, 0.3) is 11.8 Å². The Labute approximate surface area is 192 Å². The highest BCUT2D eigenvalue weighted by Gasteiger charge is 2.25. The van der Waals surface area contributed by atoms with Crippen molar-refractivity contribution in [2.24, 2.45) is 0 Å². The molecule has 0 heterocycles. The lowest BCUT2D eigenvalue weighted by Gasteiger charge is -2.10. The first-order chi connectivity index (χ1) is 16.0. The first-order valence-corrected chi connectivity index (χ1v) is 11.1. The second-order valence-electron chi connectivity index (χ2n) is 8.04. The fourth-order valence-electron chi connectivity index (χ4n) is 3.24. The van der Waals surface area contributed by atoms with Crippen molar-refractivity contribution in [3.63, 3.8) is 0 Å². The van der Waals surface area contributed by atoms with E-state index in [2.05, 4.69) is 10.6 Å². The van der Waals surface area contributed by atoms with Gasteiger partial charge in [-0.15, -0.1) is 0 Å². The number of carbonyl (C=O) groups is 3. The smallest absolute Gasteiger partial charge is 0.252 e. The van der Waals surface area contributed by atoms with E-state index in [0.717, 1.165) is 31.2 Å². The zero-order valence-corrected chi connectivity index (χ0v) is 18.3. The summed E-state index contributed by atoms with van der Waals surface area (Å²) in [5.74, 6) is -1.20. The lowest BCUT2D eigenvalue weighted by atomic mass is 10.0. The SMILES string of the molecule is O=C(CCCCCNC(=O)c1ccc(/C=C(/C(=O)NC2CC2)c2ccc(F)cc2)cc1)NO. The van der Waals surface area contributed by atoms with Gasteiger partial charge in [0.15, 0.2) is 0 Å². The minimum Gasteiger partial charge on any atom is -0.352 e. The van der Waals surface area contributed by atoms with E-state index in [9.17, 15) is 18.8 Å². The van der Waals surface area contributed by atoms with Crippen molar-refractivity contribution in [2.45, 2.75) is 44.6 Å². The Morgan fingerprint density at radius 1 is 0.939 bits per heavy atom. The monoisotopic (exact) mass is 453 g/mol. The normalized spacial score (nSPS) is 13.3. The molecule has 7 nitrogen and oxygen atoms in total. The van der Waals surface area contributed by atoms with Crippen LogP contribution in [0.15, 0.2) is 48.5 Å². The van der Waals surface area contributed by atoms with E-state index in [1.54, 1.807) is 48.0 Å². The molecule has 1 saturated carbocycles. The van der Waals surface area contributed by atoms with Crippen molar-refractivity contribution in [3.8, 4) is 0 Å². The van der Waals surface area contributed by atoms with Crippen LogP contribution in [0.3, 0.4) is 0 Å². The van der Waals surface area contributed by atoms with Crippen LogP contribution in [-0.4, -0.2) is 35.5 Å². The van der Waals surface area contributed by atoms with Crippen LogP contribution in [0.4, 0.5) is 4.39 Å². The molecule has 8 heteroatoms. The van der Waals surface area contributed by atoms with Gasteiger partial charge >= 0.3 is 0 Å². The van der Waals surface area contributed by atoms with Crippen molar-refractivity contribution in [1.82, 2.24) is 16.1 Å². The lowest BCUT2D eigenvalue weighted by Crippen LogP contribution is -2.26. The van der Waals surface area contributed by atoms with Crippen LogP contribution < -0.4 is 16.1 Å². The minimum atomic E-state index is -0.416. The number of hydrogen-bond donors (Lipinski definition) is 4. The molecule has 0 bridgehead atoms. The molecule has 1 fully saturated rings. The number of carbonyl (C=O) groups excluding carboxylic acids is 3. The van der Waals surface area contributed by atoms with Gasteiger partial charge in [0.05, 0.1) is 0 Å². The Morgan fingerprint density at radius 3 is 2.24 bits per heavy atom. The lowest BCUT2D eigenvalue weighted by molar-refractivity contribution is -0.129. The van der Waals surface area contributed by atoms with E-state index >= 15 is 0 Å². The van der Waals surface area contributed by atoms with Gasteiger partial charge in [-0.2, -0.15) is 0 Å². The van der Waals surface area contributed by atoms with E-state index in [-0.39, 0.29) is 30.1 Å². The van der Waals surface area contributed by atoms with Gasteiger partial charge in [0.1, 0.15) is 5.82 Å². The standard InChI is InChI=1S/C25H28FN3O4/c26-20-11-9-18(10-12-20)22(25(32)28-21-13-14-21)16-17-5-7-19(8-6-17)24(31)27-15-3-1-2-4-23(30)29-33/h5-12,16,21,33H,1-4,13-15H2,(H,27,31)(H,28,32)(H,29,30)/b22-16+. The highest BCUT2D eigenvalue weighted by molar-refractivity contribution is 6.24. The summed E-state index contributed by atoms with van der Waals surface area (Å²) in [4.78, 5) is 36.0. The molecular weight excluding hydrogens is 425 g/mol. The van der Waals surface area contributed by atoms with Crippen molar-refractivity contribution in [1.29, 1.82) is 0 Å². The van der Waals surface area contributed by atoms with Crippen LogP contribution in [0.5, 0.6) is 0 Å². The van der Waals surface area contributed by atoms with Crippen LogP contribution in [0, 0.1) is 5.82 Å². The molecule has 3 amide bonds. The fourth-order valence-corrected chi connectivity index (χ4v) is 3.24. The van der Waals surface area contributed by atoms with Crippen LogP contribution in [-0.2, 0) is 9.59 Å². The van der Waals surface area contributed by atoms with Gasteiger partial charge in [-0.05, 0) is 67.2 Å². The molecule has 0 unspecified atom stereocenters. The molecule has 3 rings (SSSR count). The molecule has 0 saturated heterocycles. The molecule has 0 aromatic heterocycles. The van der Waals surface area contributed by atoms with Crippen LogP contribution in [0.1, 0.15) is 60.0 Å². The predicted molar refractivity (Wildman–Crippen MR) is 123 cm³/mol. The Bertz CT molecular complexity index is 999. The number of rotatable bonds is 11. The molecule has 33 heavy (non-hydrogen) atoms. The third kappa shape index (κ3) is 7.84. The maximum atomic E-state index is 13.3. The molecule has 0 aliphatic heterocycles. The quantitative estimate of drug-likeness (QED) is 0.137. The number of hydrogen-bond acceptors (Lipinski definition) is 4. The molecule has 0 spiro atoms. The number of hydroxylamine groups is 1. The Hall–Kier alpha value is -3.52. The van der Waals surface area contributed by atoms with Gasteiger partial charge in [0.2, 0.25) is 5.91 Å². The summed E-state index contributed by atoms with van der Waals surface area (Å²) in [5, 5.41) is 14.2. The molecule has 4 N–H and O–H groups in total. The van der Waals surface area contributed by atoms with Crippen LogP contribution >= 0.6 is 0 Å². The average Bonchev–Trinajstić information content (AvgIpc) is 3.64. The molecule has 0 radical (unpaired) electrons. The topological polar surface area (TPSA) is 108 Å². The zero-order valence-electron chi connectivity index (χ0n) is 18.3. The van der Waals surface area contributed by atoms with E-state index in [1.807, 2.05) is 0 Å². The van der Waals surface area contributed by atoms with Crippen LogP contribution in [0.25, 0.3) is 11.6 Å². The summed E-state index contributed by atoms with van der Waals surface area (Å²) in [6.45, 7) is 0.483. The first kappa shape index (κ1) is 24.1. The maximum absolute atomic E-state index is 13.3. The summed E-state index contributed by atoms with van der Waals surface area (Å²) in [6.07, 6.45) is 6.02. The van der Waals surface area contributed by atoms with Crippen molar-refractivity contribution in [2.75, 3.05) is 6.54 Å². The number of unbranched alkanes of at least 4 members (excludes halogenated alkanes) is 2. The van der Waals surface area contributed by atoms with Gasteiger partial charge in [-0.3, -0.25) is 19.6 Å². The fraction of sp³-hybridized carbons (Fsp3) is 0.320. The predicted octanol–water partition coefficient (Wildman–Crippen LogP) is 3.44. The van der Waals surface area contributed by atoms with Gasteiger partial charge in [-0.1, -0.05) is 30.7 Å². The Morgan fingerprint density at radius 2 is 1.61 bits per heavy atom. The van der Waals surface area contributed by atoms with E-state index in [1.165, 1.54) is 12.1 Å². The second kappa shape index (κ2) is 11.9. The van der Waals surface area contributed by atoms with E-state index < -0.39 is 5.91 Å². The van der Waals surface area contributed by atoms with E-state index in [0.29, 0.717) is 29.7 Å². The molecular formula is C25H28FN3O4. The summed E-state index contributed by atoms with van der Waals surface area (Å²) >= 11 is 0. The van der Waals surface area contributed by atoms with Gasteiger partial charge in [0, 0.05) is 30.1 Å². The van der Waals surface area contributed by atoms with Gasteiger partial charge < -0.3 is 10.6 Å². The number of amides is 3. The third-order valence-corrected chi connectivity index (χ3v) is 5.29. The minimum absolute atomic E-state index is 0.194. The molecule has 2 aromatic carbocycles. The van der Waals surface area contributed by atoms with Gasteiger partial charge in [-0.25, -0.2) is 9.87 Å². The highest BCUT2D eigenvalue weighted by atomic mass is 19.1. The largest absolute Gasteiger partial charge is 0.352 e. The number of nitrogens with one attached hydrogen (secondary N) is 3. The molecule has 174 valence electrons. The Balaban J connectivity index is 1.59. The zero-order chi connectivity index (χ0) is 23.6. The summed E-state index contributed by atoms with van der Waals surface area (Å²) in [5.41, 5.74) is 3.89. The summed E-state index contributed by atoms with van der Waals surface area (Å²) < 4.78 is 13.3. The number of benzene rings is 2. The van der Waals surface area contributed by atoms with Crippen molar-refractivity contribution < 1.29 is 24.0 Å². The first-order valence-electron chi connectivity index (χ1n) is 11.1. The molecule has 0 atom stereocenters. The van der Waals surface area contributed by atoms with E-state index in [4.69, 9.17) is 5.21 Å². The second-order valence-corrected chi connectivity index (χ2v) is 8.04. The van der Waals surface area contributed by atoms with Crippen molar-refractivity contribution >= 4 is 29.4 Å². The molecule has 1 aliphatic carbocycles. The molecule has 2 aromatic rings. The third-order valence-electron chi connectivity index (χ3n) is 5.29. The highest BCUT2D eigenvalue weighted by Crippen LogP contribution is 2.24. The summed E-state index contributed by atoms with van der Waals surface area (Å²) in [6, 6.07) is 12.9. The summed E-state index contributed by atoms with van der Waals surface area (Å²) in [7, 11) is 0. The maximum Gasteiger partial charge on any atom is 0.252 e. The average molecular weight is 454 g/mol. The van der Waals surface area contributed by atoms with Crippen LogP contribution in [0.2, 0.25) is 0 Å². The molecule has 1 aliphatic rings. The number of halogens is 1.